The van der Waals surface area contributed by atoms with Crippen LogP contribution in [0.1, 0.15) is 19.4 Å². The van der Waals surface area contributed by atoms with Gasteiger partial charge in [0.15, 0.2) is 0 Å². The maximum atomic E-state index is 13.0. The number of amides is 2. The molecular formula is C19H22BrF3N2O. The number of benzene rings is 1. The highest BCUT2D eigenvalue weighted by Gasteiger charge is 2.31. The van der Waals surface area contributed by atoms with Gasteiger partial charge in [-0.3, -0.25) is 0 Å². The van der Waals surface area contributed by atoms with E-state index in [0.29, 0.717) is 17.6 Å². The number of rotatable bonds is 7. The summed E-state index contributed by atoms with van der Waals surface area (Å²) in [5, 5.41) is 2.76. The minimum absolute atomic E-state index is 0.0849. The van der Waals surface area contributed by atoms with Crippen LogP contribution in [0.15, 0.2) is 64.7 Å². The molecule has 0 aliphatic rings. The lowest BCUT2D eigenvalue weighted by atomic mass is 10.2. The van der Waals surface area contributed by atoms with Gasteiger partial charge in [-0.05, 0) is 30.0 Å². The summed E-state index contributed by atoms with van der Waals surface area (Å²) in [4.78, 5) is 13.6. The fourth-order valence-electron chi connectivity index (χ4n) is 2.00. The first-order valence-corrected chi connectivity index (χ1v) is 8.87. The van der Waals surface area contributed by atoms with E-state index >= 15 is 0 Å². The summed E-state index contributed by atoms with van der Waals surface area (Å²) < 4.78 is 39.5. The summed E-state index contributed by atoms with van der Waals surface area (Å²) in [6.07, 6.45) is 0.188. The fraction of sp³-hybridized carbons (Fsp3) is 0.316. The number of carbonyl (C=O) groups excluding carboxylic acids is 1. The molecule has 1 N–H and O–H groups in total. The van der Waals surface area contributed by atoms with E-state index < -0.39 is 11.7 Å². The number of hydrogen-bond donors (Lipinski definition) is 1. The van der Waals surface area contributed by atoms with Crippen LogP contribution < -0.4 is 5.32 Å². The second kappa shape index (κ2) is 10.9. The van der Waals surface area contributed by atoms with Crippen LogP contribution in [0.2, 0.25) is 0 Å². The summed E-state index contributed by atoms with van der Waals surface area (Å²) in [5.41, 5.74) is 0.170. The lowest BCUT2D eigenvalue weighted by Crippen LogP contribution is -2.39. The highest BCUT2D eigenvalue weighted by atomic mass is 79.9. The Hall–Kier alpha value is -2.02. The van der Waals surface area contributed by atoms with E-state index in [2.05, 4.69) is 21.2 Å². The lowest BCUT2D eigenvalue weighted by Gasteiger charge is -2.20. The number of nitrogens with one attached hydrogen (secondary N) is 1. The average molecular weight is 431 g/mol. The van der Waals surface area contributed by atoms with Crippen LogP contribution in [0, 0.1) is 0 Å². The van der Waals surface area contributed by atoms with E-state index in [0.717, 1.165) is 17.7 Å². The van der Waals surface area contributed by atoms with Gasteiger partial charge in [0.2, 0.25) is 0 Å². The van der Waals surface area contributed by atoms with E-state index in [1.54, 1.807) is 13.8 Å². The number of halogens is 4. The first-order valence-electron chi connectivity index (χ1n) is 8.08. The van der Waals surface area contributed by atoms with Gasteiger partial charge in [0, 0.05) is 19.6 Å². The number of urea groups is 1. The van der Waals surface area contributed by atoms with Gasteiger partial charge in [-0.1, -0.05) is 64.5 Å². The number of alkyl halides is 3. The summed E-state index contributed by atoms with van der Waals surface area (Å²) >= 11 is 3.09. The van der Waals surface area contributed by atoms with Gasteiger partial charge in [0.05, 0.1) is 5.57 Å². The van der Waals surface area contributed by atoms with Crippen molar-refractivity contribution < 1.29 is 18.0 Å². The van der Waals surface area contributed by atoms with Crippen LogP contribution in [0.3, 0.4) is 0 Å². The van der Waals surface area contributed by atoms with E-state index in [-0.39, 0.29) is 12.6 Å². The molecule has 0 spiro atoms. The SMILES string of the molecule is CCN(C/C=C/C(=C\C=C(/C)Br)C(F)(F)F)C(=O)NCc1ccccc1. The van der Waals surface area contributed by atoms with Gasteiger partial charge >= 0.3 is 12.2 Å². The summed E-state index contributed by atoms with van der Waals surface area (Å²) in [6.45, 7) is 4.25. The van der Waals surface area contributed by atoms with E-state index in [1.165, 1.54) is 17.1 Å². The zero-order chi connectivity index (χ0) is 19.6. The van der Waals surface area contributed by atoms with Crippen molar-refractivity contribution in [1.29, 1.82) is 0 Å². The summed E-state index contributed by atoms with van der Waals surface area (Å²) in [7, 11) is 0. The molecule has 0 aliphatic carbocycles. The van der Waals surface area contributed by atoms with Crippen molar-refractivity contribution in [3.05, 3.63) is 70.3 Å². The second-order valence-corrected chi connectivity index (χ2v) is 6.71. The van der Waals surface area contributed by atoms with Crippen LogP contribution in [0.25, 0.3) is 0 Å². The Morgan fingerprint density at radius 2 is 1.88 bits per heavy atom. The minimum atomic E-state index is -4.46. The number of likely N-dealkylation sites (N-methyl/N-ethyl adjacent to an activating group) is 1. The van der Waals surface area contributed by atoms with Crippen molar-refractivity contribution in [2.24, 2.45) is 0 Å². The normalized spacial score (nSPS) is 13.2. The standard InChI is InChI=1S/C19H22BrF3N2O/c1-3-25(18(26)24-14-16-8-5-4-6-9-16)13-7-10-17(19(21,22)23)12-11-15(2)20/h4-12H,3,13-14H2,1-2H3,(H,24,26)/b10-7+,15-11+,17-12+. The molecule has 142 valence electrons. The number of hydrogen-bond acceptors (Lipinski definition) is 1. The quantitative estimate of drug-likeness (QED) is 0.564. The van der Waals surface area contributed by atoms with Crippen molar-refractivity contribution in [2.75, 3.05) is 13.1 Å². The topological polar surface area (TPSA) is 32.3 Å². The van der Waals surface area contributed by atoms with Gasteiger partial charge in [-0.15, -0.1) is 0 Å². The Labute approximate surface area is 160 Å². The third kappa shape index (κ3) is 8.38. The van der Waals surface area contributed by atoms with Gasteiger partial charge in [0.25, 0.3) is 0 Å². The van der Waals surface area contributed by atoms with E-state index in [9.17, 15) is 18.0 Å². The summed E-state index contributed by atoms with van der Waals surface area (Å²) in [6, 6.07) is 9.07. The predicted octanol–water partition coefficient (Wildman–Crippen LogP) is 5.56. The maximum absolute atomic E-state index is 13.0. The first-order chi connectivity index (χ1) is 12.2. The Kier molecular flexibility index (Phi) is 9.19. The molecule has 7 heteroatoms. The smallest absolute Gasteiger partial charge is 0.334 e. The van der Waals surface area contributed by atoms with Gasteiger partial charge in [-0.2, -0.15) is 13.2 Å². The van der Waals surface area contributed by atoms with E-state index in [4.69, 9.17) is 0 Å². The third-order valence-electron chi connectivity index (χ3n) is 3.40. The molecule has 3 nitrogen and oxygen atoms in total. The van der Waals surface area contributed by atoms with Crippen LogP contribution in [-0.4, -0.2) is 30.2 Å². The Morgan fingerprint density at radius 3 is 2.42 bits per heavy atom. The molecule has 1 rings (SSSR count). The van der Waals surface area contributed by atoms with Crippen molar-refractivity contribution in [1.82, 2.24) is 10.2 Å². The predicted molar refractivity (Wildman–Crippen MR) is 102 cm³/mol. The van der Waals surface area contributed by atoms with Crippen LogP contribution in [0.5, 0.6) is 0 Å². The molecule has 0 unspecified atom stereocenters. The molecule has 1 aromatic carbocycles. The van der Waals surface area contributed by atoms with Gasteiger partial charge in [-0.25, -0.2) is 4.79 Å². The van der Waals surface area contributed by atoms with Crippen molar-refractivity contribution in [2.45, 2.75) is 26.6 Å². The third-order valence-corrected chi connectivity index (χ3v) is 3.66. The molecule has 0 saturated carbocycles. The number of nitrogens with zero attached hydrogens (tertiary/aromatic N) is 1. The molecule has 0 bridgehead atoms. The average Bonchev–Trinajstić information content (AvgIpc) is 2.58. The molecule has 1 aromatic rings. The maximum Gasteiger partial charge on any atom is 0.416 e. The molecule has 0 saturated heterocycles. The first kappa shape index (κ1) is 22.0. The number of allylic oxidation sites excluding steroid dienone is 5. The van der Waals surface area contributed by atoms with Gasteiger partial charge in [0.1, 0.15) is 0 Å². The zero-order valence-electron chi connectivity index (χ0n) is 14.7. The van der Waals surface area contributed by atoms with Crippen molar-refractivity contribution >= 4 is 22.0 Å². The largest absolute Gasteiger partial charge is 0.416 e. The molecule has 2 amide bonds. The summed E-state index contributed by atoms with van der Waals surface area (Å²) in [5.74, 6) is 0. The van der Waals surface area contributed by atoms with Crippen LogP contribution >= 0.6 is 15.9 Å². The van der Waals surface area contributed by atoms with Crippen LogP contribution in [0.4, 0.5) is 18.0 Å². The minimum Gasteiger partial charge on any atom is -0.334 e. The molecule has 0 radical (unpaired) electrons. The second-order valence-electron chi connectivity index (χ2n) is 5.46. The molecule has 26 heavy (non-hydrogen) atoms. The lowest BCUT2D eigenvalue weighted by molar-refractivity contribution is -0.0881. The van der Waals surface area contributed by atoms with Gasteiger partial charge < -0.3 is 10.2 Å². The van der Waals surface area contributed by atoms with E-state index in [1.807, 2.05) is 30.3 Å². The molecule has 0 fully saturated rings. The van der Waals surface area contributed by atoms with Crippen molar-refractivity contribution in [3.8, 4) is 0 Å². The Bertz CT molecular complexity index is 663. The molecule has 0 aromatic heterocycles. The molecule has 0 aliphatic heterocycles. The van der Waals surface area contributed by atoms with Crippen LogP contribution in [-0.2, 0) is 6.54 Å². The molecule has 0 atom stereocenters. The fourth-order valence-corrected chi connectivity index (χ4v) is 2.13. The Morgan fingerprint density at radius 1 is 1.23 bits per heavy atom. The molecular weight excluding hydrogens is 409 g/mol. The molecule has 0 heterocycles. The Balaban J connectivity index is 2.67. The highest BCUT2D eigenvalue weighted by Crippen LogP contribution is 2.27. The monoisotopic (exact) mass is 430 g/mol. The zero-order valence-corrected chi connectivity index (χ0v) is 16.3. The highest BCUT2D eigenvalue weighted by molar-refractivity contribution is 9.11. The van der Waals surface area contributed by atoms with Crippen molar-refractivity contribution in [3.63, 3.8) is 0 Å². The number of carbonyl (C=O) groups is 1.